The molecule has 1 rings (SSSR count). The molecule has 0 fully saturated rings. The Morgan fingerprint density at radius 3 is 2.81 bits per heavy atom. The van der Waals surface area contributed by atoms with Gasteiger partial charge >= 0.3 is 0 Å². The van der Waals surface area contributed by atoms with Crippen LogP contribution in [0.5, 0.6) is 0 Å². The Morgan fingerprint density at radius 1 is 1.56 bits per heavy atom. The number of amides is 1. The molecular weight excluding hydrogens is 220 g/mol. The van der Waals surface area contributed by atoms with Gasteiger partial charge in [0.2, 0.25) is 0 Å². The van der Waals surface area contributed by atoms with Crippen molar-refractivity contribution in [1.82, 2.24) is 10.3 Å². The predicted octanol–water partition coefficient (Wildman–Crippen LogP) is 2.16. The minimum Gasteiger partial charge on any atom is -0.348 e. The van der Waals surface area contributed by atoms with E-state index in [1.807, 2.05) is 0 Å². The number of carbonyl (C=O) groups excluding carboxylic acids is 1. The van der Waals surface area contributed by atoms with E-state index in [4.69, 9.17) is 0 Å². The number of hydrogen-bond donors (Lipinski definition) is 2. The molecule has 88 valence electrons. The molecule has 0 saturated heterocycles. The van der Waals surface area contributed by atoms with Gasteiger partial charge in [-0.05, 0) is 24.5 Å². The predicted molar refractivity (Wildman–Crippen MR) is 68.8 cm³/mol. The quantitative estimate of drug-likeness (QED) is 0.772. The summed E-state index contributed by atoms with van der Waals surface area (Å²) in [6.07, 6.45) is 4.16. The molecule has 16 heavy (non-hydrogen) atoms. The molecule has 4 heteroatoms. The van der Waals surface area contributed by atoms with Crippen LogP contribution in [0.4, 0.5) is 0 Å². The first-order valence-corrected chi connectivity index (χ1v) is 6.08. The monoisotopic (exact) mass is 238 g/mol. The second kappa shape index (κ2) is 6.53. The van der Waals surface area contributed by atoms with Crippen molar-refractivity contribution in [3.63, 3.8) is 0 Å². The van der Waals surface area contributed by atoms with Crippen LogP contribution in [0.15, 0.2) is 24.5 Å². The molecule has 0 aromatic carbocycles. The zero-order valence-electron chi connectivity index (χ0n) is 9.68. The van der Waals surface area contributed by atoms with Crippen LogP contribution in [0.2, 0.25) is 0 Å². The zero-order valence-corrected chi connectivity index (χ0v) is 10.6. The Hall–Kier alpha value is -1.03. The van der Waals surface area contributed by atoms with Crippen molar-refractivity contribution in [2.45, 2.75) is 26.3 Å². The van der Waals surface area contributed by atoms with E-state index in [1.165, 1.54) is 0 Å². The molecule has 0 spiro atoms. The summed E-state index contributed by atoms with van der Waals surface area (Å²) in [7, 11) is 0. The van der Waals surface area contributed by atoms with E-state index in [-0.39, 0.29) is 11.9 Å². The number of thiol groups is 1. The van der Waals surface area contributed by atoms with Crippen LogP contribution in [0.25, 0.3) is 0 Å². The lowest BCUT2D eigenvalue weighted by molar-refractivity contribution is 0.0936. The molecule has 1 aromatic rings. The van der Waals surface area contributed by atoms with Gasteiger partial charge in [0.15, 0.2) is 0 Å². The van der Waals surface area contributed by atoms with Crippen LogP contribution in [0, 0.1) is 5.92 Å². The maximum atomic E-state index is 11.8. The highest BCUT2D eigenvalue weighted by molar-refractivity contribution is 7.80. The maximum absolute atomic E-state index is 11.8. The molecule has 0 unspecified atom stereocenters. The fraction of sp³-hybridized carbons (Fsp3) is 0.500. The first kappa shape index (κ1) is 13.0. The van der Waals surface area contributed by atoms with Crippen LogP contribution < -0.4 is 5.32 Å². The molecule has 1 aromatic heterocycles. The van der Waals surface area contributed by atoms with Gasteiger partial charge in [0.1, 0.15) is 0 Å². The SMILES string of the molecule is CC(C)C[C@H](CS)NC(=O)c1cccnc1. The van der Waals surface area contributed by atoms with Gasteiger partial charge in [0.05, 0.1) is 5.56 Å². The van der Waals surface area contributed by atoms with Crippen molar-refractivity contribution >= 4 is 18.5 Å². The molecule has 0 radical (unpaired) electrons. The third-order valence-electron chi connectivity index (χ3n) is 2.24. The minimum absolute atomic E-state index is 0.0761. The largest absolute Gasteiger partial charge is 0.348 e. The van der Waals surface area contributed by atoms with Crippen molar-refractivity contribution < 1.29 is 4.79 Å². The summed E-state index contributed by atoms with van der Waals surface area (Å²) in [5.74, 6) is 1.13. The van der Waals surface area contributed by atoms with E-state index in [2.05, 4.69) is 36.8 Å². The van der Waals surface area contributed by atoms with Crippen LogP contribution in [0.1, 0.15) is 30.6 Å². The van der Waals surface area contributed by atoms with Gasteiger partial charge in [-0.3, -0.25) is 9.78 Å². The molecule has 0 bridgehead atoms. The number of rotatable bonds is 5. The second-order valence-electron chi connectivity index (χ2n) is 4.22. The van der Waals surface area contributed by atoms with Gasteiger partial charge in [0.25, 0.3) is 5.91 Å². The highest BCUT2D eigenvalue weighted by atomic mass is 32.1. The number of nitrogens with one attached hydrogen (secondary N) is 1. The van der Waals surface area contributed by atoms with Crippen molar-refractivity contribution in [2.24, 2.45) is 5.92 Å². The summed E-state index contributed by atoms with van der Waals surface area (Å²) in [5, 5.41) is 2.96. The lowest BCUT2D eigenvalue weighted by Gasteiger charge is -2.18. The number of aromatic nitrogens is 1. The summed E-state index contributed by atoms with van der Waals surface area (Å²) in [4.78, 5) is 15.7. The Balaban J connectivity index is 2.56. The van der Waals surface area contributed by atoms with Crippen molar-refractivity contribution in [3.8, 4) is 0 Å². The Kier molecular flexibility index (Phi) is 5.32. The van der Waals surface area contributed by atoms with Gasteiger partial charge in [-0.25, -0.2) is 0 Å². The molecule has 0 saturated carbocycles. The van der Waals surface area contributed by atoms with Gasteiger partial charge in [-0.15, -0.1) is 0 Å². The Labute approximate surface area is 102 Å². The average molecular weight is 238 g/mol. The summed E-state index contributed by atoms with van der Waals surface area (Å²) >= 11 is 4.25. The topological polar surface area (TPSA) is 42.0 Å². The average Bonchev–Trinajstić information content (AvgIpc) is 2.28. The van der Waals surface area contributed by atoms with Crippen molar-refractivity contribution in [3.05, 3.63) is 30.1 Å². The lowest BCUT2D eigenvalue weighted by Crippen LogP contribution is -2.37. The van der Waals surface area contributed by atoms with E-state index < -0.39 is 0 Å². The van der Waals surface area contributed by atoms with Crippen LogP contribution in [0.3, 0.4) is 0 Å². The molecule has 0 aliphatic rings. The summed E-state index contributed by atoms with van der Waals surface area (Å²) in [6, 6.07) is 3.64. The third kappa shape index (κ3) is 4.23. The minimum atomic E-state index is -0.0761. The zero-order chi connectivity index (χ0) is 12.0. The van der Waals surface area contributed by atoms with Crippen LogP contribution >= 0.6 is 12.6 Å². The molecule has 0 aliphatic heterocycles. The van der Waals surface area contributed by atoms with Gasteiger partial charge < -0.3 is 5.32 Å². The second-order valence-corrected chi connectivity index (χ2v) is 4.59. The van der Waals surface area contributed by atoms with E-state index in [0.29, 0.717) is 17.2 Å². The highest BCUT2D eigenvalue weighted by Crippen LogP contribution is 2.07. The van der Waals surface area contributed by atoms with Gasteiger partial charge in [0, 0.05) is 24.2 Å². The van der Waals surface area contributed by atoms with Crippen LogP contribution in [-0.4, -0.2) is 22.7 Å². The summed E-state index contributed by atoms with van der Waals surface area (Å²) in [6.45, 7) is 4.26. The molecule has 1 amide bonds. The Morgan fingerprint density at radius 2 is 2.31 bits per heavy atom. The maximum Gasteiger partial charge on any atom is 0.253 e. The molecular formula is C12H18N2OS. The summed E-state index contributed by atoms with van der Waals surface area (Å²) in [5.41, 5.74) is 0.595. The third-order valence-corrected chi connectivity index (χ3v) is 2.68. The van der Waals surface area contributed by atoms with E-state index in [1.54, 1.807) is 24.5 Å². The van der Waals surface area contributed by atoms with Crippen LogP contribution in [-0.2, 0) is 0 Å². The lowest BCUT2D eigenvalue weighted by atomic mass is 10.0. The Bertz CT molecular complexity index is 327. The number of carbonyl (C=O) groups is 1. The smallest absolute Gasteiger partial charge is 0.253 e. The summed E-state index contributed by atoms with van der Waals surface area (Å²) < 4.78 is 0. The molecule has 1 atom stereocenters. The first-order valence-electron chi connectivity index (χ1n) is 5.45. The fourth-order valence-corrected chi connectivity index (χ4v) is 1.75. The molecule has 1 heterocycles. The first-order chi connectivity index (χ1) is 7.63. The molecule has 1 N–H and O–H groups in total. The molecule has 0 aliphatic carbocycles. The van der Waals surface area contributed by atoms with Crippen molar-refractivity contribution in [1.29, 1.82) is 0 Å². The van der Waals surface area contributed by atoms with E-state index in [0.717, 1.165) is 6.42 Å². The fourth-order valence-electron chi connectivity index (χ4n) is 1.51. The standard InChI is InChI=1S/C12H18N2OS/c1-9(2)6-11(8-16)14-12(15)10-4-3-5-13-7-10/h3-5,7,9,11,16H,6,8H2,1-2H3,(H,14,15)/t11-/m1/s1. The van der Waals surface area contributed by atoms with E-state index >= 15 is 0 Å². The highest BCUT2D eigenvalue weighted by Gasteiger charge is 2.13. The normalized spacial score (nSPS) is 12.5. The van der Waals surface area contributed by atoms with E-state index in [9.17, 15) is 4.79 Å². The number of pyridine rings is 1. The van der Waals surface area contributed by atoms with Gasteiger partial charge in [-0.2, -0.15) is 12.6 Å². The van der Waals surface area contributed by atoms with Crippen molar-refractivity contribution in [2.75, 3.05) is 5.75 Å². The number of nitrogens with zero attached hydrogens (tertiary/aromatic N) is 1. The molecule has 3 nitrogen and oxygen atoms in total. The van der Waals surface area contributed by atoms with Gasteiger partial charge in [-0.1, -0.05) is 13.8 Å². The number of hydrogen-bond acceptors (Lipinski definition) is 3.